The molecule has 0 amide bonds. The Kier molecular flexibility index (Phi) is 4.70. The number of anilines is 3. The number of aryl methyl sites for hydroxylation is 1. The number of nitrogens with zero attached hydrogens (tertiary/aromatic N) is 5. The number of aromatic nitrogens is 6. The Hall–Kier alpha value is -2.88. The van der Waals surface area contributed by atoms with E-state index in [4.69, 9.17) is 11.6 Å². The van der Waals surface area contributed by atoms with E-state index in [0.717, 1.165) is 18.0 Å². The number of nitrogens with one attached hydrogen (secondary N) is 3. The molecule has 0 aromatic carbocycles. The zero-order valence-corrected chi connectivity index (χ0v) is 13.9. The van der Waals surface area contributed by atoms with Gasteiger partial charge in [0.25, 0.3) is 0 Å². The fraction of sp³-hybridized carbons (Fsp3) is 0.214. The standard InChI is InChI=1S/C14H13ClF2N8/c1-6-3-10(25-24-6)20-14-22-12(15)21-13(23-14)19-7(2)11-9(17)4-8(16)5-18-11/h3-5,7H,1-2H3,(H3,19,20,21,22,23,24,25). The predicted octanol–water partition coefficient (Wildman–Crippen LogP) is 3.15. The quantitative estimate of drug-likeness (QED) is 0.637. The molecule has 0 saturated carbocycles. The van der Waals surface area contributed by atoms with Gasteiger partial charge < -0.3 is 10.6 Å². The van der Waals surface area contributed by atoms with Crippen LogP contribution >= 0.6 is 11.6 Å². The number of hydrogen-bond acceptors (Lipinski definition) is 7. The first-order valence-corrected chi connectivity index (χ1v) is 7.56. The van der Waals surface area contributed by atoms with Crippen LogP contribution in [-0.2, 0) is 0 Å². The predicted molar refractivity (Wildman–Crippen MR) is 87.6 cm³/mol. The van der Waals surface area contributed by atoms with E-state index in [1.165, 1.54) is 0 Å². The monoisotopic (exact) mass is 366 g/mol. The molecule has 3 aromatic heterocycles. The second kappa shape index (κ2) is 6.93. The minimum atomic E-state index is -0.773. The van der Waals surface area contributed by atoms with Crippen molar-refractivity contribution in [2.75, 3.05) is 10.6 Å². The van der Waals surface area contributed by atoms with Crippen molar-refractivity contribution in [3.05, 3.63) is 46.6 Å². The van der Waals surface area contributed by atoms with E-state index >= 15 is 0 Å². The van der Waals surface area contributed by atoms with Gasteiger partial charge in [-0.2, -0.15) is 20.1 Å². The molecule has 25 heavy (non-hydrogen) atoms. The van der Waals surface area contributed by atoms with Gasteiger partial charge in [-0.05, 0) is 25.4 Å². The maximum Gasteiger partial charge on any atom is 0.234 e. The van der Waals surface area contributed by atoms with Gasteiger partial charge in [0.2, 0.25) is 17.2 Å². The van der Waals surface area contributed by atoms with Gasteiger partial charge in [0.1, 0.15) is 11.6 Å². The molecular weight excluding hydrogens is 354 g/mol. The topological polar surface area (TPSA) is 104 Å². The summed E-state index contributed by atoms with van der Waals surface area (Å²) in [5.74, 6) is -0.755. The van der Waals surface area contributed by atoms with E-state index < -0.39 is 17.7 Å². The molecule has 0 radical (unpaired) electrons. The Morgan fingerprint density at radius 1 is 1.16 bits per heavy atom. The van der Waals surface area contributed by atoms with E-state index in [0.29, 0.717) is 5.82 Å². The third kappa shape index (κ3) is 4.15. The molecule has 11 heteroatoms. The number of pyridine rings is 1. The normalized spacial score (nSPS) is 12.0. The molecule has 0 aliphatic heterocycles. The summed E-state index contributed by atoms with van der Waals surface area (Å²) in [7, 11) is 0. The van der Waals surface area contributed by atoms with Crippen molar-refractivity contribution < 1.29 is 8.78 Å². The first-order valence-electron chi connectivity index (χ1n) is 7.19. The second-order valence-electron chi connectivity index (χ2n) is 5.20. The van der Waals surface area contributed by atoms with Gasteiger partial charge in [-0.15, -0.1) is 0 Å². The van der Waals surface area contributed by atoms with Gasteiger partial charge in [0, 0.05) is 17.8 Å². The van der Waals surface area contributed by atoms with E-state index in [-0.39, 0.29) is 22.9 Å². The Labute approximate surface area is 146 Å². The largest absolute Gasteiger partial charge is 0.346 e. The Balaban J connectivity index is 1.80. The molecule has 0 spiro atoms. The van der Waals surface area contributed by atoms with Gasteiger partial charge in [-0.1, -0.05) is 0 Å². The molecule has 1 atom stereocenters. The van der Waals surface area contributed by atoms with Crippen molar-refractivity contribution in [2.24, 2.45) is 0 Å². The molecule has 0 aliphatic rings. The zero-order valence-electron chi connectivity index (χ0n) is 13.2. The highest BCUT2D eigenvalue weighted by Crippen LogP contribution is 2.20. The van der Waals surface area contributed by atoms with Crippen molar-refractivity contribution in [3.8, 4) is 0 Å². The van der Waals surface area contributed by atoms with Crippen LogP contribution in [0.5, 0.6) is 0 Å². The van der Waals surface area contributed by atoms with E-state index in [1.54, 1.807) is 13.0 Å². The molecule has 3 heterocycles. The molecule has 1 unspecified atom stereocenters. The van der Waals surface area contributed by atoms with Crippen LogP contribution in [0.25, 0.3) is 0 Å². The van der Waals surface area contributed by atoms with Gasteiger partial charge >= 0.3 is 0 Å². The lowest BCUT2D eigenvalue weighted by molar-refractivity contribution is 0.549. The number of hydrogen-bond donors (Lipinski definition) is 3. The highest BCUT2D eigenvalue weighted by atomic mass is 35.5. The lowest BCUT2D eigenvalue weighted by atomic mass is 10.2. The Morgan fingerprint density at radius 3 is 2.60 bits per heavy atom. The SMILES string of the molecule is Cc1cc(Nc2nc(Cl)nc(NC(C)c3ncc(F)cc3F)n2)n[nH]1. The van der Waals surface area contributed by atoms with Crippen LogP contribution in [0.4, 0.5) is 26.5 Å². The van der Waals surface area contributed by atoms with Crippen LogP contribution in [0.15, 0.2) is 18.3 Å². The summed E-state index contributed by atoms with van der Waals surface area (Å²) in [4.78, 5) is 15.8. The maximum atomic E-state index is 13.8. The van der Waals surface area contributed by atoms with Crippen molar-refractivity contribution >= 4 is 29.3 Å². The number of H-pyrrole nitrogens is 1. The molecule has 0 aliphatic carbocycles. The first-order chi connectivity index (χ1) is 11.9. The summed E-state index contributed by atoms with van der Waals surface area (Å²) in [5.41, 5.74) is 0.878. The highest BCUT2D eigenvalue weighted by molar-refractivity contribution is 6.28. The average molecular weight is 367 g/mol. The summed E-state index contributed by atoms with van der Waals surface area (Å²) in [6.07, 6.45) is 0.934. The smallest absolute Gasteiger partial charge is 0.234 e. The lowest BCUT2D eigenvalue weighted by Crippen LogP contribution is -2.14. The lowest BCUT2D eigenvalue weighted by Gasteiger charge is -2.14. The number of halogens is 3. The van der Waals surface area contributed by atoms with Gasteiger partial charge in [-0.25, -0.2) is 8.78 Å². The van der Waals surface area contributed by atoms with Crippen molar-refractivity contribution in [3.63, 3.8) is 0 Å². The van der Waals surface area contributed by atoms with Gasteiger partial charge in [0.05, 0.1) is 17.9 Å². The Morgan fingerprint density at radius 2 is 1.92 bits per heavy atom. The van der Waals surface area contributed by atoms with Gasteiger partial charge in [0.15, 0.2) is 5.82 Å². The minimum Gasteiger partial charge on any atom is -0.346 e. The van der Waals surface area contributed by atoms with Crippen LogP contribution in [-0.4, -0.2) is 30.1 Å². The fourth-order valence-electron chi connectivity index (χ4n) is 2.07. The maximum absolute atomic E-state index is 13.8. The molecule has 0 saturated heterocycles. The van der Waals surface area contributed by atoms with Crippen LogP contribution < -0.4 is 10.6 Å². The molecule has 0 fully saturated rings. The first kappa shape index (κ1) is 17.0. The van der Waals surface area contributed by atoms with Crippen LogP contribution in [0.3, 0.4) is 0 Å². The minimum absolute atomic E-state index is 0.0235. The van der Waals surface area contributed by atoms with Crippen molar-refractivity contribution in [1.29, 1.82) is 0 Å². The van der Waals surface area contributed by atoms with E-state index in [9.17, 15) is 8.78 Å². The zero-order chi connectivity index (χ0) is 18.0. The Bertz CT molecular complexity index is 900. The van der Waals surface area contributed by atoms with Gasteiger partial charge in [-0.3, -0.25) is 10.1 Å². The van der Waals surface area contributed by atoms with Crippen molar-refractivity contribution in [1.82, 2.24) is 30.1 Å². The molecule has 3 aromatic rings. The fourth-order valence-corrected chi connectivity index (χ4v) is 2.23. The molecular formula is C14H13ClF2N8. The number of rotatable bonds is 5. The summed E-state index contributed by atoms with van der Waals surface area (Å²) in [6.45, 7) is 3.47. The van der Waals surface area contributed by atoms with E-state index in [1.807, 2.05) is 6.92 Å². The molecule has 8 nitrogen and oxygen atoms in total. The summed E-state index contributed by atoms with van der Waals surface area (Å²) in [5, 5.41) is 12.4. The van der Waals surface area contributed by atoms with Crippen molar-refractivity contribution in [2.45, 2.75) is 19.9 Å². The molecule has 130 valence electrons. The molecule has 3 N–H and O–H groups in total. The van der Waals surface area contributed by atoms with E-state index in [2.05, 4.69) is 40.8 Å². The molecule has 0 bridgehead atoms. The van der Waals surface area contributed by atoms with Crippen LogP contribution in [0.1, 0.15) is 24.4 Å². The van der Waals surface area contributed by atoms with Crippen LogP contribution in [0.2, 0.25) is 5.28 Å². The highest BCUT2D eigenvalue weighted by Gasteiger charge is 2.16. The molecule has 3 rings (SSSR count). The van der Waals surface area contributed by atoms with Crippen LogP contribution in [0, 0.1) is 18.6 Å². The number of aromatic amines is 1. The summed E-state index contributed by atoms with van der Waals surface area (Å²) < 4.78 is 26.8. The summed E-state index contributed by atoms with van der Waals surface area (Å²) >= 11 is 5.89. The average Bonchev–Trinajstić information content (AvgIpc) is 2.91. The third-order valence-electron chi connectivity index (χ3n) is 3.15. The third-order valence-corrected chi connectivity index (χ3v) is 3.31. The summed E-state index contributed by atoms with van der Waals surface area (Å²) in [6, 6.07) is 1.89. The second-order valence-corrected chi connectivity index (χ2v) is 5.54.